The van der Waals surface area contributed by atoms with Crippen LogP contribution in [0.4, 0.5) is 0 Å². The Morgan fingerprint density at radius 2 is 0.895 bits per heavy atom. The second kappa shape index (κ2) is 11.3. The van der Waals surface area contributed by atoms with Gasteiger partial charge in [-0.05, 0) is 38.1 Å². The number of benzene rings is 2. The third kappa shape index (κ3) is 8.05. The third-order valence-corrected chi connectivity index (χ3v) is 2.09. The average Bonchev–Trinajstić information content (AvgIpc) is 2.43. The summed E-state index contributed by atoms with van der Waals surface area (Å²) in [6, 6.07) is 19.9. The molecule has 0 nitrogen and oxygen atoms in total. The second-order valence-electron chi connectivity index (χ2n) is 3.48. The molecule has 0 aliphatic carbocycles. The Balaban J connectivity index is 0.000000324. The van der Waals surface area contributed by atoms with Gasteiger partial charge in [0.05, 0.1) is 0 Å². The summed E-state index contributed by atoms with van der Waals surface area (Å²) >= 11 is 0. The summed E-state index contributed by atoms with van der Waals surface area (Å²) < 4.78 is 0. The SMILES string of the molecule is CC#Cc1ccccc1.CC#Cc1ccccc1.[Pt]. The molecule has 1 heteroatoms. The number of hydrogen-bond donors (Lipinski definition) is 0. The molecule has 2 rings (SSSR count). The minimum absolute atomic E-state index is 0. The molecule has 0 amide bonds. The Morgan fingerprint density at radius 1 is 0.579 bits per heavy atom. The standard InChI is InChI=1S/2C9H8.Pt/c2*1-2-6-9-7-4-3-5-8-9;/h2*3-5,7-8H,1H3;. The van der Waals surface area contributed by atoms with E-state index in [4.69, 9.17) is 0 Å². The molecule has 2 aromatic rings. The average molecular weight is 427 g/mol. The van der Waals surface area contributed by atoms with Gasteiger partial charge in [-0.15, -0.1) is 11.8 Å². The summed E-state index contributed by atoms with van der Waals surface area (Å²) in [6.07, 6.45) is 0. The van der Waals surface area contributed by atoms with E-state index < -0.39 is 0 Å². The van der Waals surface area contributed by atoms with Gasteiger partial charge in [-0.2, -0.15) is 0 Å². The van der Waals surface area contributed by atoms with Crippen molar-refractivity contribution in [3.8, 4) is 23.7 Å². The van der Waals surface area contributed by atoms with Crippen molar-refractivity contribution in [1.29, 1.82) is 0 Å². The van der Waals surface area contributed by atoms with Crippen LogP contribution in [0.3, 0.4) is 0 Å². The minimum Gasteiger partial charge on any atom is -0.101 e. The fourth-order valence-corrected chi connectivity index (χ4v) is 1.33. The summed E-state index contributed by atoms with van der Waals surface area (Å²) in [5.41, 5.74) is 2.17. The quantitative estimate of drug-likeness (QED) is 0.555. The zero-order valence-electron chi connectivity index (χ0n) is 11.1. The minimum atomic E-state index is 0. The molecule has 0 fully saturated rings. The van der Waals surface area contributed by atoms with Crippen LogP contribution in [0, 0.1) is 23.7 Å². The van der Waals surface area contributed by atoms with E-state index in [1.54, 1.807) is 0 Å². The van der Waals surface area contributed by atoms with E-state index in [9.17, 15) is 0 Å². The molecule has 2 aromatic carbocycles. The van der Waals surface area contributed by atoms with E-state index in [1.165, 1.54) is 0 Å². The van der Waals surface area contributed by atoms with Crippen molar-refractivity contribution in [2.24, 2.45) is 0 Å². The molecule has 0 saturated carbocycles. The van der Waals surface area contributed by atoms with Crippen molar-refractivity contribution in [1.82, 2.24) is 0 Å². The normalized spacial score (nSPS) is 7.26. The zero-order chi connectivity index (χ0) is 13.1. The summed E-state index contributed by atoms with van der Waals surface area (Å²) in [4.78, 5) is 0. The zero-order valence-corrected chi connectivity index (χ0v) is 13.4. The topological polar surface area (TPSA) is 0 Å². The van der Waals surface area contributed by atoms with E-state index >= 15 is 0 Å². The molecule has 98 valence electrons. The molecule has 0 aromatic heterocycles. The van der Waals surface area contributed by atoms with Gasteiger partial charge in [0, 0.05) is 32.2 Å². The summed E-state index contributed by atoms with van der Waals surface area (Å²) in [6.45, 7) is 3.68. The van der Waals surface area contributed by atoms with Gasteiger partial charge in [0.2, 0.25) is 0 Å². The molecule has 0 radical (unpaired) electrons. The molecule has 0 unspecified atom stereocenters. The fraction of sp³-hybridized carbons (Fsp3) is 0.111. The Labute approximate surface area is 130 Å². The van der Waals surface area contributed by atoms with Gasteiger partial charge in [0.25, 0.3) is 0 Å². The monoisotopic (exact) mass is 427 g/mol. The van der Waals surface area contributed by atoms with Crippen LogP contribution in [-0.4, -0.2) is 0 Å². The van der Waals surface area contributed by atoms with Gasteiger partial charge in [-0.1, -0.05) is 48.2 Å². The van der Waals surface area contributed by atoms with Crippen molar-refractivity contribution in [2.45, 2.75) is 13.8 Å². The number of rotatable bonds is 0. The van der Waals surface area contributed by atoms with Crippen LogP contribution in [0.15, 0.2) is 60.7 Å². The van der Waals surface area contributed by atoms with Gasteiger partial charge >= 0.3 is 0 Å². The first-order chi connectivity index (χ1) is 8.86. The Kier molecular flexibility index (Phi) is 10.3. The van der Waals surface area contributed by atoms with Gasteiger partial charge in [-0.25, -0.2) is 0 Å². The van der Waals surface area contributed by atoms with Crippen molar-refractivity contribution in [3.63, 3.8) is 0 Å². The van der Waals surface area contributed by atoms with Crippen LogP contribution in [-0.2, 0) is 21.1 Å². The van der Waals surface area contributed by atoms with Gasteiger partial charge in [0.1, 0.15) is 0 Å². The van der Waals surface area contributed by atoms with Gasteiger partial charge in [-0.3, -0.25) is 0 Å². The summed E-state index contributed by atoms with van der Waals surface area (Å²) in [7, 11) is 0. The molecule has 0 spiro atoms. The molecule has 19 heavy (non-hydrogen) atoms. The number of hydrogen-bond acceptors (Lipinski definition) is 0. The van der Waals surface area contributed by atoms with Crippen LogP contribution in [0.25, 0.3) is 0 Å². The Hall–Kier alpha value is -1.75. The smallest absolute Gasteiger partial charge is 0.0245 e. The van der Waals surface area contributed by atoms with E-state index in [1.807, 2.05) is 74.5 Å². The van der Waals surface area contributed by atoms with E-state index in [-0.39, 0.29) is 21.1 Å². The maximum absolute atomic E-state index is 2.96. The molecule has 0 saturated heterocycles. The Morgan fingerprint density at radius 3 is 1.16 bits per heavy atom. The van der Waals surface area contributed by atoms with E-state index in [2.05, 4.69) is 23.7 Å². The fourth-order valence-electron chi connectivity index (χ4n) is 1.33. The van der Waals surface area contributed by atoms with Crippen molar-refractivity contribution in [2.75, 3.05) is 0 Å². The summed E-state index contributed by atoms with van der Waals surface area (Å²) in [5, 5.41) is 0. The van der Waals surface area contributed by atoms with Crippen LogP contribution in [0.1, 0.15) is 25.0 Å². The summed E-state index contributed by atoms with van der Waals surface area (Å²) in [5.74, 6) is 11.6. The van der Waals surface area contributed by atoms with E-state index in [0.717, 1.165) is 11.1 Å². The molecule has 0 N–H and O–H groups in total. The largest absolute Gasteiger partial charge is 0.101 e. The molecule has 0 bridgehead atoms. The second-order valence-corrected chi connectivity index (χ2v) is 3.48. The van der Waals surface area contributed by atoms with Gasteiger partial charge < -0.3 is 0 Å². The maximum Gasteiger partial charge on any atom is 0.0245 e. The van der Waals surface area contributed by atoms with Crippen molar-refractivity contribution in [3.05, 3.63) is 71.8 Å². The van der Waals surface area contributed by atoms with Crippen molar-refractivity contribution >= 4 is 0 Å². The molecule has 0 aliphatic heterocycles. The molecular formula is C18H16Pt. The molecular weight excluding hydrogens is 411 g/mol. The van der Waals surface area contributed by atoms with E-state index in [0.29, 0.717) is 0 Å². The molecule has 0 atom stereocenters. The first kappa shape index (κ1) is 17.2. The van der Waals surface area contributed by atoms with Crippen LogP contribution >= 0.6 is 0 Å². The van der Waals surface area contributed by atoms with Crippen LogP contribution in [0.5, 0.6) is 0 Å². The molecule has 0 heterocycles. The van der Waals surface area contributed by atoms with Crippen LogP contribution < -0.4 is 0 Å². The maximum atomic E-state index is 2.96. The van der Waals surface area contributed by atoms with Gasteiger partial charge in [0.15, 0.2) is 0 Å². The third-order valence-electron chi connectivity index (χ3n) is 2.09. The van der Waals surface area contributed by atoms with Crippen molar-refractivity contribution < 1.29 is 21.1 Å². The predicted molar refractivity (Wildman–Crippen MR) is 78.0 cm³/mol. The predicted octanol–water partition coefficient (Wildman–Crippen LogP) is 4.11. The van der Waals surface area contributed by atoms with Crippen LogP contribution in [0.2, 0.25) is 0 Å². The Bertz CT molecular complexity index is 508. The molecule has 0 aliphatic rings. The first-order valence-electron chi connectivity index (χ1n) is 5.82. The first-order valence-corrected chi connectivity index (χ1v) is 5.82.